The number of allylic oxidation sites excluding steroid dienone is 2. The summed E-state index contributed by atoms with van der Waals surface area (Å²) in [5, 5.41) is 0. The molecule has 0 N–H and O–H groups in total. The fourth-order valence-corrected chi connectivity index (χ4v) is 0.504. The molecular weight excluding hydrogens is 122 g/mol. The van der Waals surface area contributed by atoms with Crippen LogP contribution in [-0.2, 0) is 0 Å². The van der Waals surface area contributed by atoms with Crippen LogP contribution in [0.15, 0.2) is 11.7 Å². The molecule has 0 aromatic rings. The van der Waals surface area contributed by atoms with Gasteiger partial charge in [0, 0.05) is 6.42 Å². The summed E-state index contributed by atoms with van der Waals surface area (Å²) in [5.41, 5.74) is 0. The summed E-state index contributed by atoms with van der Waals surface area (Å²) >= 11 is 0. The fourth-order valence-electron chi connectivity index (χ4n) is 0.504. The van der Waals surface area contributed by atoms with Crippen molar-refractivity contribution in [1.82, 2.24) is 0 Å². The second-order valence-corrected chi connectivity index (χ2v) is 2.04. The molecule has 0 aliphatic rings. The number of rotatable bonds is 3. The molecule has 0 heterocycles. The van der Waals surface area contributed by atoms with Gasteiger partial charge in [0.05, 0.1) is 0 Å². The van der Waals surface area contributed by atoms with Crippen LogP contribution < -0.4 is 0 Å². The van der Waals surface area contributed by atoms with Crippen molar-refractivity contribution in [1.29, 1.82) is 0 Å². The lowest BCUT2D eigenvalue weighted by molar-refractivity contribution is 0.500. The summed E-state index contributed by atoms with van der Waals surface area (Å²) in [5.74, 6) is -1.28. The lowest BCUT2D eigenvalue weighted by Crippen LogP contribution is -1.77. The van der Waals surface area contributed by atoms with Gasteiger partial charge in [-0.3, -0.25) is 0 Å². The summed E-state index contributed by atoms with van der Waals surface area (Å²) in [7, 11) is 0. The Balaban J connectivity index is 3.50. The van der Waals surface area contributed by atoms with E-state index in [4.69, 9.17) is 0 Å². The largest absolute Gasteiger partial charge is 0.209 e. The summed E-state index contributed by atoms with van der Waals surface area (Å²) in [6.07, 6.45) is 1.88. The van der Waals surface area contributed by atoms with Gasteiger partial charge in [0.25, 0.3) is 0 Å². The Morgan fingerprint density at radius 3 is 2.22 bits per heavy atom. The zero-order chi connectivity index (χ0) is 7.28. The highest BCUT2D eigenvalue weighted by atomic mass is 19.2. The molecule has 0 rings (SSSR count). The van der Waals surface area contributed by atoms with Crippen LogP contribution in [0.5, 0.6) is 0 Å². The van der Waals surface area contributed by atoms with E-state index in [0.717, 1.165) is 19.8 Å². The van der Waals surface area contributed by atoms with Crippen LogP contribution in [0.25, 0.3) is 0 Å². The molecule has 0 amide bonds. The van der Waals surface area contributed by atoms with E-state index in [1.165, 1.54) is 0 Å². The van der Waals surface area contributed by atoms with Crippen LogP contribution in [0.4, 0.5) is 8.78 Å². The molecular formula is C7H12F2. The molecule has 2 heteroatoms. The lowest BCUT2D eigenvalue weighted by Gasteiger charge is -1.93. The van der Waals surface area contributed by atoms with Crippen molar-refractivity contribution in [2.24, 2.45) is 0 Å². The first-order valence-corrected chi connectivity index (χ1v) is 3.19. The molecule has 0 saturated carbocycles. The van der Waals surface area contributed by atoms with Gasteiger partial charge in [-0.25, -0.2) is 8.78 Å². The Labute approximate surface area is 54.6 Å². The van der Waals surface area contributed by atoms with E-state index in [2.05, 4.69) is 0 Å². The Morgan fingerprint density at radius 1 is 1.33 bits per heavy atom. The molecule has 0 spiro atoms. The molecule has 0 nitrogen and oxygen atoms in total. The van der Waals surface area contributed by atoms with Crippen LogP contribution in [0.3, 0.4) is 0 Å². The molecule has 0 radical (unpaired) electrons. The number of hydrogen-bond acceptors (Lipinski definition) is 0. The van der Waals surface area contributed by atoms with Crippen molar-refractivity contribution in [2.75, 3.05) is 0 Å². The van der Waals surface area contributed by atoms with Crippen LogP contribution in [0, 0.1) is 0 Å². The van der Waals surface area contributed by atoms with Gasteiger partial charge in [-0.15, -0.1) is 0 Å². The Hall–Kier alpha value is -0.400. The summed E-state index contributed by atoms with van der Waals surface area (Å²) in [6.45, 7) is 3.09. The van der Waals surface area contributed by atoms with Crippen molar-refractivity contribution in [2.45, 2.75) is 33.1 Å². The quantitative estimate of drug-likeness (QED) is 0.555. The second kappa shape index (κ2) is 4.48. The Kier molecular flexibility index (Phi) is 4.28. The maximum Gasteiger partial charge on any atom is 0.131 e. The number of unbranched alkanes of at least 4 members (excludes halogenated alkanes) is 1. The number of halogens is 2. The van der Waals surface area contributed by atoms with Gasteiger partial charge >= 0.3 is 0 Å². The van der Waals surface area contributed by atoms with Gasteiger partial charge in [0.1, 0.15) is 11.7 Å². The Morgan fingerprint density at radius 2 is 1.89 bits per heavy atom. The molecule has 9 heavy (non-hydrogen) atoms. The molecule has 0 atom stereocenters. The van der Waals surface area contributed by atoms with Crippen molar-refractivity contribution in [3.05, 3.63) is 11.7 Å². The number of hydrogen-bond donors (Lipinski definition) is 0. The average molecular weight is 134 g/mol. The zero-order valence-electron chi connectivity index (χ0n) is 5.88. The highest BCUT2D eigenvalue weighted by molar-refractivity contribution is 4.95. The highest BCUT2D eigenvalue weighted by Gasteiger charge is 1.97. The second-order valence-electron chi connectivity index (χ2n) is 2.04. The van der Waals surface area contributed by atoms with Gasteiger partial charge < -0.3 is 0 Å². The van der Waals surface area contributed by atoms with E-state index in [-0.39, 0.29) is 6.42 Å². The van der Waals surface area contributed by atoms with E-state index in [1.54, 1.807) is 0 Å². The first-order valence-electron chi connectivity index (χ1n) is 3.19. The van der Waals surface area contributed by atoms with Crippen LogP contribution in [0.1, 0.15) is 33.1 Å². The smallest absolute Gasteiger partial charge is 0.131 e. The van der Waals surface area contributed by atoms with E-state index in [1.807, 2.05) is 6.92 Å². The van der Waals surface area contributed by atoms with Crippen molar-refractivity contribution < 1.29 is 8.78 Å². The molecule has 0 aliphatic carbocycles. The topological polar surface area (TPSA) is 0 Å². The van der Waals surface area contributed by atoms with Crippen LogP contribution in [0.2, 0.25) is 0 Å². The highest BCUT2D eigenvalue weighted by Crippen LogP contribution is 2.13. The van der Waals surface area contributed by atoms with E-state index in [9.17, 15) is 8.78 Å². The molecule has 0 saturated heterocycles. The third-order valence-electron chi connectivity index (χ3n) is 1.12. The van der Waals surface area contributed by atoms with Gasteiger partial charge in [-0.05, 0) is 13.3 Å². The minimum atomic E-state index is -0.677. The predicted octanol–water partition coefficient (Wildman–Crippen LogP) is 3.35. The maximum atomic E-state index is 12.2. The molecule has 0 bridgehead atoms. The third kappa shape index (κ3) is 4.13. The van der Waals surface area contributed by atoms with Gasteiger partial charge in [0.15, 0.2) is 0 Å². The van der Waals surface area contributed by atoms with Crippen molar-refractivity contribution in [3.8, 4) is 0 Å². The van der Waals surface area contributed by atoms with Crippen LogP contribution >= 0.6 is 0 Å². The van der Waals surface area contributed by atoms with Crippen molar-refractivity contribution in [3.63, 3.8) is 0 Å². The molecule has 54 valence electrons. The third-order valence-corrected chi connectivity index (χ3v) is 1.12. The lowest BCUT2D eigenvalue weighted by atomic mass is 10.2. The van der Waals surface area contributed by atoms with E-state index >= 15 is 0 Å². The standard InChI is InChI=1S/C7H12F2/c1-3-4-5-7(9)6(2)8/h3-5H2,1-2H3. The van der Waals surface area contributed by atoms with Gasteiger partial charge in [-0.2, -0.15) is 0 Å². The fraction of sp³-hybridized carbons (Fsp3) is 0.714. The summed E-state index contributed by atoms with van der Waals surface area (Å²) < 4.78 is 24.1. The minimum absolute atomic E-state index is 0.249. The van der Waals surface area contributed by atoms with E-state index in [0.29, 0.717) is 0 Å². The van der Waals surface area contributed by atoms with Crippen molar-refractivity contribution >= 4 is 0 Å². The van der Waals surface area contributed by atoms with Gasteiger partial charge in [-0.1, -0.05) is 13.3 Å². The maximum absolute atomic E-state index is 12.2. The SMILES string of the molecule is CCCCC(F)=C(C)F. The molecule has 0 fully saturated rings. The molecule has 0 aliphatic heterocycles. The molecule has 0 unspecified atom stereocenters. The first-order chi connectivity index (χ1) is 4.18. The van der Waals surface area contributed by atoms with Gasteiger partial charge in [0.2, 0.25) is 0 Å². The summed E-state index contributed by atoms with van der Waals surface area (Å²) in [4.78, 5) is 0. The molecule has 0 aromatic heterocycles. The zero-order valence-corrected chi connectivity index (χ0v) is 5.88. The van der Waals surface area contributed by atoms with Crippen LogP contribution in [-0.4, -0.2) is 0 Å². The Bertz CT molecular complexity index is 101. The minimum Gasteiger partial charge on any atom is -0.209 e. The predicted molar refractivity (Wildman–Crippen MR) is 34.4 cm³/mol. The van der Waals surface area contributed by atoms with E-state index < -0.39 is 11.7 Å². The summed E-state index contributed by atoms with van der Waals surface area (Å²) in [6, 6.07) is 0. The first kappa shape index (κ1) is 8.60. The normalized spacial score (nSPS) is 13.3. The monoisotopic (exact) mass is 134 g/mol. The average Bonchev–Trinajstić information content (AvgIpc) is 1.82. The molecule has 0 aromatic carbocycles.